The van der Waals surface area contributed by atoms with Crippen molar-refractivity contribution in [3.8, 4) is 17.2 Å². The number of carboxylic acids is 1. The Hall–Kier alpha value is -4.37. The Morgan fingerprint density at radius 3 is 2.56 bits per heavy atom. The van der Waals surface area contributed by atoms with Gasteiger partial charge < -0.3 is 24.6 Å². The van der Waals surface area contributed by atoms with Gasteiger partial charge >= 0.3 is 5.97 Å². The van der Waals surface area contributed by atoms with Crippen LogP contribution in [-0.4, -0.2) is 41.4 Å². The second-order valence-corrected chi connectivity index (χ2v) is 7.84. The third-order valence-electron chi connectivity index (χ3n) is 5.01. The molecule has 36 heavy (non-hydrogen) atoms. The van der Waals surface area contributed by atoms with E-state index in [1.165, 1.54) is 31.6 Å². The highest BCUT2D eigenvalue weighted by Crippen LogP contribution is 2.35. The summed E-state index contributed by atoms with van der Waals surface area (Å²) in [6.45, 7) is 0.489. The van der Waals surface area contributed by atoms with Gasteiger partial charge in [0.25, 0.3) is 0 Å². The largest absolute Gasteiger partial charge is 0.493 e. The van der Waals surface area contributed by atoms with Gasteiger partial charge in [-0.05, 0) is 48.0 Å². The molecule has 4 aromatic rings. The number of nitrogens with one attached hydrogen (secondary N) is 1. The van der Waals surface area contributed by atoms with E-state index >= 15 is 0 Å². The molecule has 10 heteroatoms. The number of carboxylic acid groups (broad SMARTS) is 1. The maximum Gasteiger partial charge on any atom is 0.328 e. The van der Waals surface area contributed by atoms with Crippen molar-refractivity contribution in [1.29, 1.82) is 0 Å². The number of rotatable bonds is 10. The summed E-state index contributed by atoms with van der Waals surface area (Å²) >= 11 is 5.89. The lowest BCUT2D eigenvalue weighted by molar-refractivity contribution is -0.131. The number of benzene rings is 3. The van der Waals surface area contributed by atoms with Crippen molar-refractivity contribution in [2.75, 3.05) is 25.6 Å². The zero-order valence-corrected chi connectivity index (χ0v) is 19.8. The Balaban J connectivity index is 1.45. The Bertz CT molecular complexity index is 1410. The van der Waals surface area contributed by atoms with Crippen molar-refractivity contribution in [2.24, 2.45) is 0 Å². The molecular weight excluding hydrogens is 489 g/mol. The first kappa shape index (κ1) is 24.7. The van der Waals surface area contributed by atoms with Gasteiger partial charge in [-0.3, -0.25) is 0 Å². The van der Waals surface area contributed by atoms with Crippen molar-refractivity contribution < 1.29 is 28.5 Å². The first-order valence-corrected chi connectivity index (χ1v) is 11.1. The normalized spacial score (nSPS) is 11.0. The molecule has 0 saturated carbocycles. The van der Waals surface area contributed by atoms with Crippen LogP contribution < -0.4 is 19.5 Å². The third kappa shape index (κ3) is 6.19. The molecule has 3 aromatic carbocycles. The molecule has 184 valence electrons. The zero-order valence-electron chi connectivity index (χ0n) is 19.1. The Kier molecular flexibility index (Phi) is 7.82. The summed E-state index contributed by atoms with van der Waals surface area (Å²) in [5.74, 6) is 0.552. The second-order valence-electron chi connectivity index (χ2n) is 7.43. The predicted octanol–water partition coefficient (Wildman–Crippen LogP) is 5.73. The number of carbonyl (C=O) groups is 1. The van der Waals surface area contributed by atoms with E-state index < -0.39 is 11.8 Å². The van der Waals surface area contributed by atoms with Crippen LogP contribution >= 0.6 is 11.6 Å². The number of fused-ring (bicyclic) bond motifs is 1. The van der Waals surface area contributed by atoms with Crippen LogP contribution in [0.15, 0.2) is 67.0 Å². The van der Waals surface area contributed by atoms with Gasteiger partial charge in [0.1, 0.15) is 36.9 Å². The number of halogens is 2. The third-order valence-corrected chi connectivity index (χ3v) is 5.30. The maximum absolute atomic E-state index is 13.5. The standard InChI is InChI=1S/C26H21ClFN3O5/c1-34-23-14-22-19(26(30-15-29-22)31-17-5-8-21(28)20(27)12-17)13-24(23)36-11-10-35-18-6-2-16(3-7-18)4-9-25(32)33/h2-9,12-15H,10-11H2,1H3,(H,32,33)(H,29,30,31). The van der Waals surface area contributed by atoms with E-state index in [9.17, 15) is 9.18 Å². The molecule has 0 unspecified atom stereocenters. The van der Waals surface area contributed by atoms with Gasteiger partial charge in [-0.2, -0.15) is 0 Å². The van der Waals surface area contributed by atoms with Crippen LogP contribution in [0.1, 0.15) is 5.56 Å². The molecular formula is C26H21ClFN3O5. The second kappa shape index (κ2) is 11.4. The predicted molar refractivity (Wildman–Crippen MR) is 135 cm³/mol. The van der Waals surface area contributed by atoms with Gasteiger partial charge in [0.15, 0.2) is 11.5 Å². The summed E-state index contributed by atoms with van der Waals surface area (Å²) in [5, 5.41) is 12.5. The minimum atomic E-state index is -1.01. The highest BCUT2D eigenvalue weighted by molar-refractivity contribution is 6.31. The van der Waals surface area contributed by atoms with Crippen molar-refractivity contribution in [1.82, 2.24) is 9.97 Å². The SMILES string of the molecule is COc1cc2ncnc(Nc3ccc(F)c(Cl)c3)c2cc1OCCOc1ccc(C=CC(=O)O)cc1. The smallest absolute Gasteiger partial charge is 0.328 e. The van der Waals surface area contributed by atoms with Crippen LogP contribution in [-0.2, 0) is 4.79 Å². The van der Waals surface area contributed by atoms with Gasteiger partial charge in [0.2, 0.25) is 0 Å². The van der Waals surface area contributed by atoms with Crippen molar-refractivity contribution >= 4 is 46.1 Å². The Labute approximate surface area is 210 Å². The summed E-state index contributed by atoms with van der Waals surface area (Å²) in [6.07, 6.45) is 3.98. The molecule has 0 saturated heterocycles. The van der Waals surface area contributed by atoms with E-state index in [0.717, 1.165) is 11.6 Å². The minimum Gasteiger partial charge on any atom is -0.493 e. The lowest BCUT2D eigenvalue weighted by atomic mass is 10.2. The molecule has 0 radical (unpaired) electrons. The summed E-state index contributed by atoms with van der Waals surface area (Å²) in [4.78, 5) is 19.2. The summed E-state index contributed by atoms with van der Waals surface area (Å²) in [5.41, 5.74) is 1.94. The Morgan fingerprint density at radius 2 is 1.83 bits per heavy atom. The number of hydrogen-bond donors (Lipinski definition) is 2. The molecule has 0 aliphatic carbocycles. The molecule has 4 rings (SSSR count). The van der Waals surface area contributed by atoms with Crippen LogP contribution in [0.4, 0.5) is 15.9 Å². The minimum absolute atomic E-state index is 0.00424. The van der Waals surface area contributed by atoms with E-state index in [0.29, 0.717) is 39.7 Å². The molecule has 2 N–H and O–H groups in total. The molecule has 0 bridgehead atoms. The summed E-state index contributed by atoms with van der Waals surface area (Å²) in [6, 6.07) is 14.8. The number of hydrogen-bond acceptors (Lipinski definition) is 7. The monoisotopic (exact) mass is 509 g/mol. The topological polar surface area (TPSA) is 103 Å². The molecule has 1 aromatic heterocycles. The average Bonchev–Trinajstić information content (AvgIpc) is 2.88. The summed E-state index contributed by atoms with van der Waals surface area (Å²) in [7, 11) is 1.53. The van der Waals surface area contributed by atoms with E-state index in [1.54, 1.807) is 42.5 Å². The number of nitrogens with zero attached hydrogens (tertiary/aromatic N) is 2. The molecule has 0 amide bonds. The molecule has 0 aliphatic rings. The lowest BCUT2D eigenvalue weighted by Gasteiger charge is -2.14. The van der Waals surface area contributed by atoms with Crippen LogP contribution in [0.25, 0.3) is 17.0 Å². The number of anilines is 2. The van der Waals surface area contributed by atoms with Crippen LogP contribution in [0.2, 0.25) is 5.02 Å². The number of aromatic nitrogens is 2. The first-order valence-electron chi connectivity index (χ1n) is 10.7. The van der Waals surface area contributed by atoms with Gasteiger partial charge in [0.05, 0.1) is 17.6 Å². The van der Waals surface area contributed by atoms with Crippen molar-refractivity contribution in [3.63, 3.8) is 0 Å². The number of ether oxygens (including phenoxy) is 3. The van der Waals surface area contributed by atoms with Gasteiger partial charge in [-0.25, -0.2) is 19.2 Å². The van der Waals surface area contributed by atoms with Gasteiger partial charge in [-0.15, -0.1) is 0 Å². The van der Waals surface area contributed by atoms with Crippen LogP contribution in [0.5, 0.6) is 17.2 Å². The van der Waals surface area contributed by atoms with Gasteiger partial charge in [0, 0.05) is 23.2 Å². The fraction of sp³-hybridized carbons (Fsp3) is 0.115. The fourth-order valence-electron chi connectivity index (χ4n) is 3.30. The average molecular weight is 510 g/mol. The van der Waals surface area contributed by atoms with E-state index in [-0.39, 0.29) is 18.2 Å². The quantitative estimate of drug-likeness (QED) is 0.206. The highest BCUT2D eigenvalue weighted by Gasteiger charge is 2.13. The molecule has 0 atom stereocenters. The van der Waals surface area contributed by atoms with Crippen LogP contribution in [0.3, 0.4) is 0 Å². The molecule has 0 spiro atoms. The zero-order chi connectivity index (χ0) is 25.5. The molecule has 8 nitrogen and oxygen atoms in total. The number of methoxy groups -OCH3 is 1. The van der Waals surface area contributed by atoms with E-state index in [2.05, 4.69) is 15.3 Å². The lowest BCUT2D eigenvalue weighted by Crippen LogP contribution is -2.09. The Morgan fingerprint density at radius 1 is 1.06 bits per heavy atom. The van der Waals surface area contributed by atoms with Crippen LogP contribution in [0, 0.1) is 5.82 Å². The highest BCUT2D eigenvalue weighted by atomic mass is 35.5. The molecule has 1 heterocycles. The molecule has 0 fully saturated rings. The summed E-state index contributed by atoms with van der Waals surface area (Å²) < 4.78 is 30.6. The fourth-order valence-corrected chi connectivity index (χ4v) is 3.48. The van der Waals surface area contributed by atoms with E-state index in [1.807, 2.05) is 0 Å². The first-order chi connectivity index (χ1) is 17.4. The van der Waals surface area contributed by atoms with Crippen molar-refractivity contribution in [2.45, 2.75) is 0 Å². The van der Waals surface area contributed by atoms with Crippen molar-refractivity contribution in [3.05, 3.63) is 83.4 Å². The number of aliphatic carboxylic acids is 1. The van der Waals surface area contributed by atoms with E-state index in [4.69, 9.17) is 30.9 Å². The van der Waals surface area contributed by atoms with Gasteiger partial charge in [-0.1, -0.05) is 23.7 Å². The maximum atomic E-state index is 13.5. The molecule has 0 aliphatic heterocycles.